The Balaban J connectivity index is 2.07. The van der Waals surface area contributed by atoms with Crippen molar-refractivity contribution >= 4 is 11.9 Å². The lowest BCUT2D eigenvalue weighted by atomic mass is 9.77. The van der Waals surface area contributed by atoms with E-state index in [1.165, 1.54) is 0 Å². The molecule has 4 atom stereocenters. The Morgan fingerprint density at radius 3 is 1.96 bits per heavy atom. The summed E-state index contributed by atoms with van der Waals surface area (Å²) in [5, 5.41) is 0. The molecule has 0 amide bonds. The van der Waals surface area contributed by atoms with E-state index < -0.39 is 29.1 Å². The number of hydrogen-bond donors (Lipinski definition) is 0. The molecule has 0 radical (unpaired) electrons. The number of fused-ring (bicyclic) bond motifs is 2. The number of carbonyl (C=O) groups is 2. The number of ether oxygens (including phenoxy) is 2. The Bertz CT molecular complexity index is 512. The Morgan fingerprint density at radius 1 is 0.885 bits per heavy atom. The van der Waals surface area contributed by atoms with Gasteiger partial charge in [0.2, 0.25) is 0 Å². The van der Waals surface area contributed by atoms with Gasteiger partial charge in [0, 0.05) is 0 Å². The van der Waals surface area contributed by atoms with Crippen LogP contribution in [0.25, 0.3) is 0 Å². The highest BCUT2D eigenvalue weighted by molar-refractivity contribution is 5.79. The van der Waals surface area contributed by atoms with Gasteiger partial charge >= 0.3 is 11.9 Å². The highest BCUT2D eigenvalue weighted by atomic mass is 17.2. The van der Waals surface area contributed by atoms with Gasteiger partial charge in [-0.3, -0.25) is 9.59 Å². The van der Waals surface area contributed by atoms with Crippen molar-refractivity contribution in [2.24, 2.45) is 11.8 Å². The first kappa shape index (κ1) is 21.2. The molecule has 1 aliphatic carbocycles. The molecule has 1 saturated carbocycles. The van der Waals surface area contributed by atoms with Gasteiger partial charge in [-0.05, 0) is 53.4 Å². The Hall–Kier alpha value is -1.14. The van der Waals surface area contributed by atoms with E-state index in [-0.39, 0.29) is 18.0 Å². The maximum absolute atomic E-state index is 12.8. The number of esters is 2. The smallest absolute Gasteiger partial charge is 0.315 e. The van der Waals surface area contributed by atoms with E-state index in [1.807, 2.05) is 27.7 Å². The first-order valence-corrected chi connectivity index (χ1v) is 9.88. The van der Waals surface area contributed by atoms with Crippen LogP contribution in [0.5, 0.6) is 0 Å². The van der Waals surface area contributed by atoms with Crippen molar-refractivity contribution in [2.75, 3.05) is 0 Å². The normalized spacial score (nSPS) is 28.7. The fourth-order valence-electron chi connectivity index (χ4n) is 4.05. The first-order valence-electron chi connectivity index (χ1n) is 9.88. The van der Waals surface area contributed by atoms with Crippen LogP contribution >= 0.6 is 0 Å². The van der Waals surface area contributed by atoms with Gasteiger partial charge in [0.25, 0.3) is 0 Å². The average Bonchev–Trinajstić information content (AvgIpc) is 2.79. The van der Waals surface area contributed by atoms with Crippen LogP contribution in [-0.4, -0.2) is 35.3 Å². The van der Waals surface area contributed by atoms with Gasteiger partial charge in [0.15, 0.2) is 0 Å². The monoisotopic (exact) mass is 370 g/mol. The van der Waals surface area contributed by atoms with Crippen molar-refractivity contribution in [1.82, 2.24) is 0 Å². The number of rotatable bonds is 8. The van der Waals surface area contributed by atoms with Gasteiger partial charge in [-0.15, -0.1) is 0 Å². The molecule has 4 unspecified atom stereocenters. The van der Waals surface area contributed by atoms with Crippen LogP contribution in [0.4, 0.5) is 0 Å². The molecular formula is C20H34O6. The summed E-state index contributed by atoms with van der Waals surface area (Å²) in [5.74, 6) is -1.74. The van der Waals surface area contributed by atoms with Gasteiger partial charge in [-0.25, -0.2) is 9.78 Å². The molecule has 0 N–H and O–H groups in total. The second kappa shape index (κ2) is 8.26. The molecule has 2 rings (SSSR count). The minimum Gasteiger partial charge on any atom is -0.459 e. The summed E-state index contributed by atoms with van der Waals surface area (Å²) >= 11 is 0. The molecular weight excluding hydrogens is 336 g/mol. The maximum Gasteiger partial charge on any atom is 0.315 e. The largest absolute Gasteiger partial charge is 0.459 e. The zero-order valence-corrected chi connectivity index (χ0v) is 17.0. The molecule has 0 aromatic carbocycles. The quantitative estimate of drug-likeness (QED) is 0.476. The molecule has 0 aromatic rings. The van der Waals surface area contributed by atoms with Crippen LogP contribution < -0.4 is 0 Å². The van der Waals surface area contributed by atoms with Gasteiger partial charge in [-0.2, -0.15) is 0 Å². The van der Waals surface area contributed by atoms with E-state index in [2.05, 4.69) is 13.8 Å². The zero-order chi connectivity index (χ0) is 19.5. The lowest BCUT2D eigenvalue weighted by molar-refractivity contribution is -0.295. The minimum atomic E-state index is -0.636. The standard InChI is InChI=1S/C20H34O6/c1-7-11-19(3,4)23-17(21)13-9-10-14-15(16(13)26-25-14)18(22)24-20(5,6)12-8-2/h13-16H,7-12H2,1-6H3. The Kier molecular flexibility index (Phi) is 6.72. The number of carbonyl (C=O) groups excluding carboxylic acids is 2. The minimum absolute atomic E-state index is 0.317. The van der Waals surface area contributed by atoms with Crippen molar-refractivity contribution < 1.29 is 28.8 Å². The predicted molar refractivity (Wildman–Crippen MR) is 96.1 cm³/mol. The Labute approximate surface area is 156 Å². The highest BCUT2D eigenvalue weighted by Gasteiger charge is 2.55. The average molecular weight is 370 g/mol. The highest BCUT2D eigenvalue weighted by Crippen LogP contribution is 2.42. The van der Waals surface area contributed by atoms with Crippen LogP contribution in [0.1, 0.15) is 80.1 Å². The lowest BCUT2D eigenvalue weighted by Crippen LogP contribution is -2.47. The molecule has 2 aliphatic rings. The maximum atomic E-state index is 12.8. The van der Waals surface area contributed by atoms with Crippen molar-refractivity contribution in [2.45, 2.75) is 103 Å². The van der Waals surface area contributed by atoms with Gasteiger partial charge in [-0.1, -0.05) is 26.7 Å². The van der Waals surface area contributed by atoms with Gasteiger partial charge in [0.05, 0.1) is 5.92 Å². The lowest BCUT2D eigenvalue weighted by Gasteiger charge is -2.34. The van der Waals surface area contributed by atoms with Crippen molar-refractivity contribution in [3.05, 3.63) is 0 Å². The summed E-state index contributed by atoms with van der Waals surface area (Å²) in [7, 11) is 0. The third kappa shape index (κ3) is 4.97. The summed E-state index contributed by atoms with van der Waals surface area (Å²) in [6.07, 6.45) is 3.61. The van der Waals surface area contributed by atoms with E-state index in [0.29, 0.717) is 12.8 Å². The summed E-state index contributed by atoms with van der Waals surface area (Å²) in [6, 6.07) is 0. The van der Waals surface area contributed by atoms with E-state index in [4.69, 9.17) is 19.2 Å². The predicted octanol–water partition coefficient (Wildman–Crippen LogP) is 3.96. The fourth-order valence-corrected chi connectivity index (χ4v) is 4.05. The summed E-state index contributed by atoms with van der Waals surface area (Å²) < 4.78 is 11.4. The molecule has 2 bridgehead atoms. The third-order valence-electron chi connectivity index (χ3n) is 5.24. The SMILES string of the molecule is CCCC(C)(C)OC(=O)C1CCC2OOC1C2C(=O)OC(C)(C)CCC. The summed E-state index contributed by atoms with van der Waals surface area (Å²) in [4.78, 5) is 36.2. The molecule has 2 fully saturated rings. The van der Waals surface area contributed by atoms with Gasteiger partial charge < -0.3 is 9.47 Å². The molecule has 26 heavy (non-hydrogen) atoms. The van der Waals surface area contributed by atoms with Crippen LogP contribution in [0.2, 0.25) is 0 Å². The third-order valence-corrected chi connectivity index (χ3v) is 5.24. The van der Waals surface area contributed by atoms with E-state index >= 15 is 0 Å². The van der Waals surface area contributed by atoms with Gasteiger partial charge in [0.1, 0.15) is 29.3 Å². The Morgan fingerprint density at radius 2 is 1.42 bits per heavy atom. The van der Waals surface area contributed by atoms with Crippen LogP contribution in [-0.2, 0) is 28.8 Å². The molecule has 0 spiro atoms. The van der Waals surface area contributed by atoms with Crippen molar-refractivity contribution in [3.63, 3.8) is 0 Å². The van der Waals surface area contributed by atoms with Crippen molar-refractivity contribution in [1.29, 1.82) is 0 Å². The molecule has 6 heteroatoms. The number of hydrogen-bond acceptors (Lipinski definition) is 6. The molecule has 1 heterocycles. The summed E-state index contributed by atoms with van der Waals surface area (Å²) in [6.45, 7) is 11.7. The van der Waals surface area contributed by atoms with E-state index in [0.717, 1.165) is 25.7 Å². The van der Waals surface area contributed by atoms with E-state index in [1.54, 1.807) is 0 Å². The topological polar surface area (TPSA) is 71.1 Å². The van der Waals surface area contributed by atoms with Crippen LogP contribution in [0.3, 0.4) is 0 Å². The molecule has 150 valence electrons. The molecule has 0 aromatic heterocycles. The molecule has 6 nitrogen and oxygen atoms in total. The van der Waals surface area contributed by atoms with E-state index in [9.17, 15) is 9.59 Å². The van der Waals surface area contributed by atoms with Crippen LogP contribution in [0.15, 0.2) is 0 Å². The van der Waals surface area contributed by atoms with Crippen LogP contribution in [0, 0.1) is 11.8 Å². The summed E-state index contributed by atoms with van der Waals surface area (Å²) in [5.41, 5.74) is -1.07. The first-order chi connectivity index (χ1) is 12.1. The second-order valence-corrected chi connectivity index (χ2v) is 8.77. The van der Waals surface area contributed by atoms with Crippen molar-refractivity contribution in [3.8, 4) is 0 Å². The zero-order valence-electron chi connectivity index (χ0n) is 17.0. The second-order valence-electron chi connectivity index (χ2n) is 8.77. The molecule has 1 aliphatic heterocycles. The fraction of sp³-hybridized carbons (Fsp3) is 0.900. The molecule has 1 saturated heterocycles.